The molecule has 0 saturated carbocycles. The monoisotopic (exact) mass is 173 g/mol. The normalized spacial score (nSPS) is 40.9. The Hall–Kier alpha value is -0.810. The molecule has 0 aliphatic carbocycles. The molecule has 0 aromatic rings. The van der Waals surface area contributed by atoms with Crippen LogP contribution in [0.25, 0.3) is 10.4 Å². The highest BCUT2D eigenvalue weighted by molar-refractivity contribution is 4.89. The van der Waals surface area contributed by atoms with Crippen LogP contribution in [0, 0.1) is 0 Å². The second-order valence-electron chi connectivity index (χ2n) is 2.77. The van der Waals surface area contributed by atoms with E-state index in [9.17, 15) is 10.2 Å². The second kappa shape index (κ2) is 3.73. The maximum absolute atomic E-state index is 9.30. The van der Waals surface area contributed by atoms with Gasteiger partial charge in [0.1, 0.15) is 12.2 Å². The van der Waals surface area contributed by atoms with Crippen molar-refractivity contribution in [3.63, 3.8) is 0 Å². The zero-order valence-electron chi connectivity index (χ0n) is 6.66. The number of hydrogen-bond acceptors (Lipinski definition) is 4. The van der Waals surface area contributed by atoms with Gasteiger partial charge >= 0.3 is 0 Å². The lowest BCUT2D eigenvalue weighted by Crippen LogP contribution is -2.32. The van der Waals surface area contributed by atoms with Gasteiger partial charge in [-0.25, -0.2) is 0 Å². The Morgan fingerprint density at radius 1 is 1.50 bits per heavy atom. The first kappa shape index (κ1) is 9.28. The Bertz CT molecular complexity index is 204. The third-order valence-corrected chi connectivity index (χ3v) is 1.93. The fraction of sp³-hybridized carbons (Fsp3) is 1.00. The number of rotatable bonds is 2. The Morgan fingerprint density at radius 3 is 2.58 bits per heavy atom. The van der Waals surface area contributed by atoms with Gasteiger partial charge in [-0.05, 0) is 12.5 Å². The summed E-state index contributed by atoms with van der Waals surface area (Å²) in [5, 5.41) is 21.8. The zero-order valence-corrected chi connectivity index (χ0v) is 6.66. The standard InChI is InChI=1S/C6H11N3O3/c1-3-5(10)6(11)4(12-3)2-8-9-7/h3-6,10-11H,2H2,1H3/t3?,4-,5-,6-/m1/s1. The fourth-order valence-corrected chi connectivity index (χ4v) is 1.20. The van der Waals surface area contributed by atoms with Gasteiger partial charge in [-0.15, -0.1) is 0 Å². The third-order valence-electron chi connectivity index (χ3n) is 1.93. The molecule has 1 unspecified atom stereocenters. The SMILES string of the molecule is CC1O[C@H](CN=[N+]=[N-])[C@@H](O)[C@@H]1O. The Kier molecular flexibility index (Phi) is 2.88. The minimum atomic E-state index is -0.953. The molecule has 0 spiro atoms. The lowest BCUT2D eigenvalue weighted by molar-refractivity contribution is 0.0224. The van der Waals surface area contributed by atoms with Crippen molar-refractivity contribution in [3.8, 4) is 0 Å². The fourth-order valence-electron chi connectivity index (χ4n) is 1.20. The van der Waals surface area contributed by atoms with Crippen LogP contribution in [0.4, 0.5) is 0 Å². The average Bonchev–Trinajstić information content (AvgIpc) is 2.30. The molecule has 0 aromatic heterocycles. The summed E-state index contributed by atoms with van der Waals surface area (Å²) in [7, 11) is 0. The van der Waals surface area contributed by atoms with Crippen molar-refractivity contribution >= 4 is 0 Å². The topological polar surface area (TPSA) is 98.5 Å². The molecule has 1 saturated heterocycles. The van der Waals surface area contributed by atoms with Crippen molar-refractivity contribution in [2.45, 2.75) is 31.3 Å². The van der Waals surface area contributed by atoms with Crippen LogP contribution in [0.2, 0.25) is 0 Å². The molecule has 6 heteroatoms. The van der Waals surface area contributed by atoms with Crippen molar-refractivity contribution in [1.82, 2.24) is 0 Å². The molecule has 2 N–H and O–H groups in total. The average molecular weight is 173 g/mol. The maximum atomic E-state index is 9.30. The summed E-state index contributed by atoms with van der Waals surface area (Å²) < 4.78 is 5.12. The van der Waals surface area contributed by atoms with Gasteiger partial charge in [-0.3, -0.25) is 0 Å². The summed E-state index contributed by atoms with van der Waals surface area (Å²) in [6.07, 6.45) is -2.82. The minimum absolute atomic E-state index is 0.0546. The number of azide groups is 1. The Morgan fingerprint density at radius 2 is 2.17 bits per heavy atom. The van der Waals surface area contributed by atoms with E-state index in [0.29, 0.717) is 0 Å². The molecule has 0 radical (unpaired) electrons. The number of ether oxygens (including phenoxy) is 1. The predicted octanol–water partition coefficient (Wildman–Crippen LogP) is -0.194. The maximum Gasteiger partial charge on any atom is 0.109 e. The Labute approximate surface area is 69.4 Å². The van der Waals surface area contributed by atoms with Crippen molar-refractivity contribution in [2.75, 3.05) is 6.54 Å². The smallest absolute Gasteiger partial charge is 0.109 e. The molecule has 0 amide bonds. The molecule has 0 bridgehead atoms. The number of aliphatic hydroxyl groups excluding tert-OH is 2. The molecule has 1 rings (SSSR count). The van der Waals surface area contributed by atoms with Crippen LogP contribution in [0.1, 0.15) is 6.92 Å². The van der Waals surface area contributed by atoms with Crippen LogP contribution >= 0.6 is 0 Å². The number of nitrogens with zero attached hydrogens (tertiary/aromatic N) is 3. The predicted molar refractivity (Wildman–Crippen MR) is 40.4 cm³/mol. The molecule has 6 nitrogen and oxygen atoms in total. The van der Waals surface area contributed by atoms with Gasteiger partial charge in [-0.2, -0.15) is 0 Å². The van der Waals surface area contributed by atoms with Crippen molar-refractivity contribution in [3.05, 3.63) is 10.4 Å². The van der Waals surface area contributed by atoms with Crippen LogP contribution in [0.15, 0.2) is 5.11 Å². The molecule has 68 valence electrons. The van der Waals surface area contributed by atoms with Gasteiger partial charge in [-0.1, -0.05) is 5.11 Å². The van der Waals surface area contributed by atoms with Crippen molar-refractivity contribution in [2.24, 2.45) is 5.11 Å². The van der Waals surface area contributed by atoms with Gasteiger partial charge in [0.2, 0.25) is 0 Å². The summed E-state index contributed by atoms with van der Waals surface area (Å²) in [4.78, 5) is 2.54. The molecule has 1 fully saturated rings. The quantitative estimate of drug-likeness (QED) is 0.344. The summed E-state index contributed by atoms with van der Waals surface area (Å²) in [6, 6.07) is 0. The van der Waals surface area contributed by atoms with E-state index in [4.69, 9.17) is 10.3 Å². The van der Waals surface area contributed by atoms with Gasteiger partial charge in [0.05, 0.1) is 18.8 Å². The van der Waals surface area contributed by atoms with E-state index in [1.807, 2.05) is 0 Å². The van der Waals surface area contributed by atoms with E-state index in [-0.39, 0.29) is 6.54 Å². The molecule has 0 aromatic carbocycles. The lowest BCUT2D eigenvalue weighted by Gasteiger charge is -2.10. The van der Waals surface area contributed by atoms with Crippen molar-refractivity contribution < 1.29 is 14.9 Å². The van der Waals surface area contributed by atoms with Crippen LogP contribution in [0.5, 0.6) is 0 Å². The first-order chi connectivity index (χ1) is 5.66. The van der Waals surface area contributed by atoms with Crippen molar-refractivity contribution in [1.29, 1.82) is 0 Å². The van der Waals surface area contributed by atoms with E-state index >= 15 is 0 Å². The van der Waals surface area contributed by atoms with E-state index in [1.165, 1.54) is 0 Å². The Balaban J connectivity index is 2.52. The minimum Gasteiger partial charge on any atom is -0.388 e. The number of aliphatic hydroxyl groups is 2. The first-order valence-corrected chi connectivity index (χ1v) is 3.69. The molecule has 4 atom stereocenters. The molecule has 1 heterocycles. The highest BCUT2D eigenvalue weighted by Gasteiger charge is 2.39. The summed E-state index contributed by atoms with van der Waals surface area (Å²) in [5.74, 6) is 0. The largest absolute Gasteiger partial charge is 0.388 e. The molecular weight excluding hydrogens is 162 g/mol. The molecule has 12 heavy (non-hydrogen) atoms. The third kappa shape index (κ3) is 1.67. The summed E-state index contributed by atoms with van der Waals surface area (Å²) >= 11 is 0. The molecule has 1 aliphatic heterocycles. The van der Waals surface area contributed by atoms with Gasteiger partial charge in [0.15, 0.2) is 0 Å². The van der Waals surface area contributed by atoms with Crippen LogP contribution in [-0.4, -0.2) is 41.2 Å². The number of hydrogen-bond donors (Lipinski definition) is 2. The van der Waals surface area contributed by atoms with Gasteiger partial charge in [0, 0.05) is 4.91 Å². The molecular formula is C6H11N3O3. The molecule has 1 aliphatic rings. The van der Waals surface area contributed by atoms with Crippen LogP contribution in [-0.2, 0) is 4.74 Å². The van der Waals surface area contributed by atoms with Crippen LogP contribution < -0.4 is 0 Å². The highest BCUT2D eigenvalue weighted by Crippen LogP contribution is 2.20. The lowest BCUT2D eigenvalue weighted by atomic mass is 10.1. The summed E-state index contributed by atoms with van der Waals surface area (Å²) in [6.45, 7) is 1.71. The summed E-state index contributed by atoms with van der Waals surface area (Å²) in [5.41, 5.74) is 8.00. The second-order valence-corrected chi connectivity index (χ2v) is 2.77. The van der Waals surface area contributed by atoms with E-state index in [0.717, 1.165) is 0 Å². The van der Waals surface area contributed by atoms with E-state index in [1.54, 1.807) is 6.92 Å². The van der Waals surface area contributed by atoms with Crippen LogP contribution in [0.3, 0.4) is 0 Å². The van der Waals surface area contributed by atoms with Gasteiger partial charge in [0.25, 0.3) is 0 Å². The zero-order chi connectivity index (χ0) is 9.14. The van der Waals surface area contributed by atoms with E-state index < -0.39 is 24.4 Å². The first-order valence-electron chi connectivity index (χ1n) is 3.69. The van der Waals surface area contributed by atoms with Gasteiger partial charge < -0.3 is 14.9 Å². The highest BCUT2D eigenvalue weighted by atomic mass is 16.5. The van der Waals surface area contributed by atoms with E-state index in [2.05, 4.69) is 10.0 Å².